The quantitative estimate of drug-likeness (QED) is 0.821. The fourth-order valence-corrected chi connectivity index (χ4v) is 2.61. The number of carbonyl (C=O) groups excluding carboxylic acids is 1. The number of benzene rings is 1. The fourth-order valence-electron chi connectivity index (χ4n) is 2.48. The van der Waals surface area contributed by atoms with Crippen LogP contribution in [0.3, 0.4) is 0 Å². The second kappa shape index (κ2) is 6.90. The molecule has 2 rings (SSSR count). The van der Waals surface area contributed by atoms with Crippen molar-refractivity contribution in [2.24, 2.45) is 0 Å². The lowest BCUT2D eigenvalue weighted by Gasteiger charge is -2.05. The molecular weight excluding hydrogens is 284 g/mol. The molecule has 0 unspecified atom stereocenters. The number of carbonyl (C=O) groups is 1. The Morgan fingerprint density at radius 3 is 2.52 bits per heavy atom. The Morgan fingerprint density at radius 1 is 1.24 bits per heavy atom. The van der Waals surface area contributed by atoms with E-state index in [4.69, 9.17) is 11.6 Å². The molecule has 3 nitrogen and oxygen atoms in total. The van der Waals surface area contributed by atoms with Crippen molar-refractivity contribution in [1.82, 2.24) is 9.78 Å². The molecule has 0 aliphatic heterocycles. The standard InChI is InChI=1S/C17H21ClN2O/c1-4-5-6-16-12(2)19-20(13(16)3)17(21)11-14-7-9-15(18)10-8-14/h7-10H,4-6,11H2,1-3H3. The average molecular weight is 305 g/mol. The Labute approximate surface area is 130 Å². The number of aromatic nitrogens is 2. The van der Waals surface area contributed by atoms with Gasteiger partial charge in [0.1, 0.15) is 0 Å². The van der Waals surface area contributed by atoms with Crippen LogP contribution in [-0.4, -0.2) is 15.7 Å². The van der Waals surface area contributed by atoms with Gasteiger partial charge in [0.2, 0.25) is 0 Å². The van der Waals surface area contributed by atoms with E-state index in [0.29, 0.717) is 11.4 Å². The lowest BCUT2D eigenvalue weighted by atomic mass is 10.1. The molecule has 1 aromatic carbocycles. The van der Waals surface area contributed by atoms with Gasteiger partial charge in [0.25, 0.3) is 5.91 Å². The summed E-state index contributed by atoms with van der Waals surface area (Å²) >= 11 is 5.86. The van der Waals surface area contributed by atoms with Crippen molar-refractivity contribution in [3.05, 3.63) is 51.8 Å². The number of unbranched alkanes of at least 4 members (excludes halogenated alkanes) is 1. The molecule has 1 heterocycles. The van der Waals surface area contributed by atoms with Crippen LogP contribution in [-0.2, 0) is 12.8 Å². The molecule has 0 saturated heterocycles. The smallest absolute Gasteiger partial charge is 0.251 e. The molecule has 0 saturated carbocycles. The maximum atomic E-state index is 12.4. The number of hydrogen-bond donors (Lipinski definition) is 0. The highest BCUT2D eigenvalue weighted by atomic mass is 35.5. The summed E-state index contributed by atoms with van der Waals surface area (Å²) in [7, 11) is 0. The molecule has 0 amide bonds. The monoisotopic (exact) mass is 304 g/mol. The van der Waals surface area contributed by atoms with Crippen LogP contribution in [0.25, 0.3) is 0 Å². The van der Waals surface area contributed by atoms with E-state index in [9.17, 15) is 4.79 Å². The zero-order valence-corrected chi connectivity index (χ0v) is 13.6. The average Bonchev–Trinajstić information content (AvgIpc) is 2.74. The highest BCUT2D eigenvalue weighted by Gasteiger charge is 2.16. The van der Waals surface area contributed by atoms with Gasteiger partial charge in [-0.2, -0.15) is 5.10 Å². The third-order valence-electron chi connectivity index (χ3n) is 3.73. The Hall–Kier alpha value is -1.61. The highest BCUT2D eigenvalue weighted by Crippen LogP contribution is 2.17. The van der Waals surface area contributed by atoms with Crippen molar-refractivity contribution in [3.8, 4) is 0 Å². The number of halogens is 1. The zero-order chi connectivity index (χ0) is 15.4. The second-order valence-corrected chi connectivity index (χ2v) is 5.80. The van der Waals surface area contributed by atoms with Gasteiger partial charge in [-0.25, -0.2) is 4.68 Å². The molecule has 21 heavy (non-hydrogen) atoms. The summed E-state index contributed by atoms with van der Waals surface area (Å²) in [6.07, 6.45) is 3.59. The number of nitrogens with zero attached hydrogens (tertiary/aromatic N) is 2. The minimum absolute atomic E-state index is 0.000621. The van der Waals surface area contributed by atoms with Crippen LogP contribution < -0.4 is 0 Å². The first-order chi connectivity index (χ1) is 10.0. The van der Waals surface area contributed by atoms with Gasteiger partial charge in [0, 0.05) is 10.7 Å². The second-order valence-electron chi connectivity index (χ2n) is 5.36. The molecule has 0 radical (unpaired) electrons. The molecule has 0 fully saturated rings. The van der Waals surface area contributed by atoms with Gasteiger partial charge >= 0.3 is 0 Å². The van der Waals surface area contributed by atoms with E-state index in [1.165, 1.54) is 5.56 Å². The van der Waals surface area contributed by atoms with Gasteiger partial charge in [0.05, 0.1) is 12.1 Å². The first-order valence-corrected chi connectivity index (χ1v) is 7.73. The zero-order valence-electron chi connectivity index (χ0n) is 12.8. The third kappa shape index (κ3) is 3.73. The van der Waals surface area contributed by atoms with E-state index < -0.39 is 0 Å². The van der Waals surface area contributed by atoms with Crippen LogP contribution in [0.2, 0.25) is 5.02 Å². The van der Waals surface area contributed by atoms with Gasteiger partial charge < -0.3 is 0 Å². The van der Waals surface area contributed by atoms with E-state index in [0.717, 1.165) is 36.2 Å². The molecule has 4 heteroatoms. The van der Waals surface area contributed by atoms with Gasteiger partial charge in [-0.1, -0.05) is 37.1 Å². The lowest BCUT2D eigenvalue weighted by molar-refractivity contribution is 0.0895. The molecule has 0 bridgehead atoms. The van der Waals surface area contributed by atoms with E-state index in [1.807, 2.05) is 26.0 Å². The highest BCUT2D eigenvalue weighted by molar-refractivity contribution is 6.30. The first-order valence-electron chi connectivity index (χ1n) is 7.35. The molecular formula is C17H21ClN2O. The summed E-state index contributed by atoms with van der Waals surface area (Å²) in [5.74, 6) is 0.000621. The maximum absolute atomic E-state index is 12.4. The minimum Gasteiger partial charge on any atom is -0.272 e. The predicted octanol–water partition coefficient (Wildman–Crippen LogP) is 4.38. The van der Waals surface area contributed by atoms with Crippen LogP contribution in [0.4, 0.5) is 0 Å². The van der Waals surface area contributed by atoms with E-state index >= 15 is 0 Å². The van der Waals surface area contributed by atoms with Gasteiger partial charge in [-0.05, 0) is 49.9 Å². The van der Waals surface area contributed by atoms with E-state index in [1.54, 1.807) is 16.8 Å². The summed E-state index contributed by atoms with van der Waals surface area (Å²) in [6, 6.07) is 7.37. The Bertz CT molecular complexity index is 629. The largest absolute Gasteiger partial charge is 0.272 e. The van der Waals surface area contributed by atoms with Gasteiger partial charge in [-0.3, -0.25) is 4.79 Å². The molecule has 112 valence electrons. The third-order valence-corrected chi connectivity index (χ3v) is 3.98. The first kappa shape index (κ1) is 15.8. The molecule has 0 N–H and O–H groups in total. The van der Waals surface area contributed by atoms with E-state index in [-0.39, 0.29) is 5.91 Å². The maximum Gasteiger partial charge on any atom is 0.251 e. The van der Waals surface area contributed by atoms with Crippen LogP contribution >= 0.6 is 11.6 Å². The molecule has 0 aliphatic carbocycles. The normalized spacial score (nSPS) is 10.9. The Morgan fingerprint density at radius 2 is 1.90 bits per heavy atom. The Balaban J connectivity index is 2.17. The van der Waals surface area contributed by atoms with Crippen molar-refractivity contribution in [1.29, 1.82) is 0 Å². The van der Waals surface area contributed by atoms with Crippen LogP contribution in [0.5, 0.6) is 0 Å². The van der Waals surface area contributed by atoms with Crippen molar-refractivity contribution < 1.29 is 4.79 Å². The van der Waals surface area contributed by atoms with Crippen LogP contribution in [0.15, 0.2) is 24.3 Å². The fraction of sp³-hybridized carbons (Fsp3) is 0.412. The van der Waals surface area contributed by atoms with Crippen molar-refractivity contribution in [2.75, 3.05) is 0 Å². The number of hydrogen-bond acceptors (Lipinski definition) is 2. The van der Waals surface area contributed by atoms with Gasteiger partial charge in [-0.15, -0.1) is 0 Å². The number of aryl methyl sites for hydroxylation is 1. The summed E-state index contributed by atoms with van der Waals surface area (Å²) in [5, 5.41) is 5.10. The van der Waals surface area contributed by atoms with E-state index in [2.05, 4.69) is 12.0 Å². The lowest BCUT2D eigenvalue weighted by Crippen LogP contribution is -2.16. The number of rotatable bonds is 5. The summed E-state index contributed by atoms with van der Waals surface area (Å²) in [6.45, 7) is 6.12. The van der Waals surface area contributed by atoms with Crippen LogP contribution in [0, 0.1) is 13.8 Å². The summed E-state index contributed by atoms with van der Waals surface area (Å²) in [4.78, 5) is 12.4. The molecule has 0 spiro atoms. The topological polar surface area (TPSA) is 34.9 Å². The summed E-state index contributed by atoms with van der Waals surface area (Å²) < 4.78 is 1.55. The van der Waals surface area contributed by atoms with Gasteiger partial charge in [0.15, 0.2) is 0 Å². The Kier molecular flexibility index (Phi) is 5.18. The van der Waals surface area contributed by atoms with Crippen molar-refractivity contribution in [3.63, 3.8) is 0 Å². The molecule has 1 aromatic heterocycles. The molecule has 2 aromatic rings. The predicted molar refractivity (Wildman–Crippen MR) is 86.1 cm³/mol. The minimum atomic E-state index is 0.000621. The van der Waals surface area contributed by atoms with Crippen molar-refractivity contribution in [2.45, 2.75) is 46.5 Å². The molecule has 0 atom stereocenters. The molecule has 0 aliphatic rings. The van der Waals surface area contributed by atoms with Crippen molar-refractivity contribution >= 4 is 17.5 Å². The SMILES string of the molecule is CCCCc1c(C)nn(C(=O)Cc2ccc(Cl)cc2)c1C. The summed E-state index contributed by atoms with van der Waals surface area (Å²) in [5.41, 5.74) is 4.10. The van der Waals surface area contributed by atoms with Crippen LogP contribution in [0.1, 0.15) is 47.1 Å².